The van der Waals surface area contributed by atoms with Crippen LogP contribution in [0.15, 0.2) is 351 Å². The zero-order chi connectivity index (χ0) is 95.2. The largest absolute Gasteiger partial charge is 0.503 e. The normalized spacial score (nSPS) is 11.2. The third-order valence-electron chi connectivity index (χ3n) is 20.4. The molecule has 135 heavy (non-hydrogen) atoms. The van der Waals surface area contributed by atoms with Crippen molar-refractivity contribution < 1.29 is 39.4 Å². The molecule has 33 nitrogen and oxygen atoms in total. The standard InChI is InChI=1S/C20H14N8O2.C19H11N3O2.2C18H11FN2O2.C13H10N4O2.C12H8N2O2/c29-17-9-15(11-1-7-14(8-2-11)19-24-27-28-25-19)18(22-20(17)30)13-5-3-12(4-6-13)16-10-21-26-23-16;1-20-14-7-3-12(4-8-14)16-11-17(23)19(24)22-18(16)13-5-9-15(21-2)10-6-13;1-20-14-8-4-11(5-9-14)15-10-16(22)18(23)21-17(15)12-2-6-13(19)7-3-12;1-20-14-8-4-12(5-9-14)17-15(10-16(22)18(23)21-17)11-2-6-13(19)7-3-11;18-12-6-5-10(15-13(12)19)8-1-3-9(4-2-8)11-7-14-17-16-11;1-13-9-4-2-8(3-5-9)10-6-7-11(15)12(16)14-10/h1-9,29H,10H2,(H,22,30)(H,24,25,27,28);3-11,23H,(H,22,24);2*2-10,22H,(H,21,23);1-6,18H,7H2,(H,15,19);2-7,15H,(H,14,16). The van der Waals surface area contributed by atoms with Crippen molar-refractivity contribution in [3.8, 4) is 158 Å². The van der Waals surface area contributed by atoms with Gasteiger partial charge in [0.15, 0.2) is 62.9 Å². The minimum Gasteiger partial charge on any atom is -0.503 e. The highest BCUT2D eigenvalue weighted by Crippen LogP contribution is 2.39. The second kappa shape index (κ2) is 41.8. The molecule has 0 fully saturated rings. The van der Waals surface area contributed by atoms with Gasteiger partial charge < -0.3 is 60.5 Å². The van der Waals surface area contributed by atoms with Gasteiger partial charge in [0.25, 0.3) is 33.4 Å². The second-order valence-electron chi connectivity index (χ2n) is 28.9. The molecule has 0 atom stereocenters. The van der Waals surface area contributed by atoms with Crippen LogP contribution in [0.2, 0.25) is 0 Å². The lowest BCUT2D eigenvalue weighted by Crippen LogP contribution is -2.08. The van der Waals surface area contributed by atoms with E-state index in [0.717, 1.165) is 67.1 Å². The fraction of sp³-hybridized carbons (Fsp3) is 0.0200. The van der Waals surface area contributed by atoms with Crippen molar-refractivity contribution >= 4 is 39.9 Å². The third-order valence-corrected chi connectivity index (χ3v) is 20.4. The van der Waals surface area contributed by atoms with Crippen molar-refractivity contribution in [2.24, 2.45) is 30.9 Å². The first kappa shape index (κ1) is 90.9. The predicted octanol–water partition coefficient (Wildman–Crippen LogP) is 19.7. The summed E-state index contributed by atoms with van der Waals surface area (Å²) in [6.07, 6.45) is 0. The molecule has 0 bridgehead atoms. The van der Waals surface area contributed by atoms with E-state index < -0.39 is 44.9 Å². The lowest BCUT2D eigenvalue weighted by Gasteiger charge is -2.11. The number of H-pyrrole nitrogens is 7. The van der Waals surface area contributed by atoms with E-state index in [9.17, 15) is 63.1 Å². The first-order valence-electron chi connectivity index (χ1n) is 40.0. The summed E-state index contributed by atoms with van der Waals surface area (Å²) in [4.78, 5) is 102. The van der Waals surface area contributed by atoms with Gasteiger partial charge in [-0.1, -0.05) is 206 Å². The molecule has 0 amide bonds. The summed E-state index contributed by atoms with van der Waals surface area (Å²) in [6, 6.07) is 79.6. The summed E-state index contributed by atoms with van der Waals surface area (Å²) in [7, 11) is 0. The van der Waals surface area contributed by atoms with Gasteiger partial charge in [-0.3, -0.25) is 28.8 Å². The van der Waals surface area contributed by atoms with Crippen LogP contribution in [0.1, 0.15) is 11.1 Å². The maximum atomic E-state index is 13.1. The molecule has 9 heterocycles. The van der Waals surface area contributed by atoms with E-state index in [2.05, 4.69) is 106 Å². The molecule has 656 valence electrons. The van der Waals surface area contributed by atoms with Crippen molar-refractivity contribution in [1.82, 2.24) is 50.5 Å². The van der Waals surface area contributed by atoms with Crippen molar-refractivity contribution in [2.75, 3.05) is 13.1 Å². The highest BCUT2D eigenvalue weighted by atomic mass is 19.1. The Hall–Kier alpha value is -20.4. The molecule has 13 N–H and O–H groups in total. The molecule has 10 aromatic carbocycles. The fourth-order valence-corrected chi connectivity index (χ4v) is 13.4. The Balaban J connectivity index is 0.000000131. The van der Waals surface area contributed by atoms with Crippen LogP contribution in [-0.2, 0) is 0 Å². The summed E-state index contributed by atoms with van der Waals surface area (Å²) in [5.74, 6) is -2.40. The molecule has 7 aromatic heterocycles. The molecule has 0 spiro atoms. The van der Waals surface area contributed by atoms with Crippen molar-refractivity contribution in [3.05, 3.63) is 433 Å². The van der Waals surface area contributed by atoms with Crippen LogP contribution >= 0.6 is 0 Å². The van der Waals surface area contributed by atoms with Gasteiger partial charge in [-0.15, -0.1) is 20.4 Å². The van der Waals surface area contributed by atoms with Crippen molar-refractivity contribution in [3.63, 3.8) is 0 Å². The molecule has 17 aromatic rings. The number of tetrazole rings is 1. The van der Waals surface area contributed by atoms with E-state index in [-0.39, 0.29) is 34.6 Å². The molecule has 0 aliphatic carbocycles. The maximum absolute atomic E-state index is 13.1. The van der Waals surface area contributed by atoms with Gasteiger partial charge in [0.1, 0.15) is 24.7 Å². The topological polar surface area (TPSA) is 469 Å². The Labute approximate surface area is 760 Å². The van der Waals surface area contributed by atoms with Gasteiger partial charge >= 0.3 is 0 Å². The Bertz CT molecular complexity index is 8040. The molecule has 0 unspecified atom stereocenters. The van der Waals surface area contributed by atoms with E-state index in [1.54, 1.807) is 158 Å². The minimum atomic E-state index is -0.620. The number of nitrogens with one attached hydrogen (secondary N) is 7. The molecular formula is C100H65F2N21O12. The number of aromatic hydroxyl groups is 6. The number of aromatic nitrogens is 10. The van der Waals surface area contributed by atoms with Gasteiger partial charge in [-0.25, -0.2) is 33.0 Å². The van der Waals surface area contributed by atoms with Gasteiger partial charge in [0.2, 0.25) is 5.82 Å². The smallest absolute Gasteiger partial charge is 0.290 e. The van der Waals surface area contributed by atoms with Crippen LogP contribution in [0.5, 0.6) is 34.5 Å². The summed E-state index contributed by atoms with van der Waals surface area (Å²) in [5.41, 5.74) is 16.7. The van der Waals surface area contributed by atoms with Crippen LogP contribution in [0.4, 0.5) is 37.2 Å². The van der Waals surface area contributed by atoms with E-state index in [1.165, 1.54) is 60.7 Å². The predicted molar refractivity (Wildman–Crippen MR) is 504 cm³/mol. The van der Waals surface area contributed by atoms with Crippen LogP contribution in [-0.4, -0.2) is 106 Å². The molecule has 19 rings (SSSR count). The van der Waals surface area contributed by atoms with Crippen molar-refractivity contribution in [1.29, 1.82) is 0 Å². The molecule has 2 aliphatic rings. The molecule has 0 saturated heterocycles. The number of hydrogen-bond acceptors (Lipinski definition) is 21. The summed E-state index contributed by atoms with van der Waals surface area (Å²) >= 11 is 0. The zero-order valence-electron chi connectivity index (χ0n) is 69.8. The Morgan fingerprint density at radius 2 is 0.504 bits per heavy atom. The highest BCUT2D eigenvalue weighted by molar-refractivity contribution is 6.04. The van der Waals surface area contributed by atoms with Gasteiger partial charge in [-0.05, 0) is 167 Å². The number of rotatable bonds is 13. The fourth-order valence-electron chi connectivity index (χ4n) is 13.4. The van der Waals surface area contributed by atoms with Gasteiger partial charge in [-0.2, -0.15) is 15.4 Å². The van der Waals surface area contributed by atoms with E-state index in [4.69, 9.17) is 38.0 Å². The number of halogens is 2. The monoisotopic (exact) mass is 1790 g/mol. The molecule has 0 radical (unpaired) electrons. The van der Waals surface area contributed by atoms with E-state index in [0.29, 0.717) is 120 Å². The van der Waals surface area contributed by atoms with Crippen LogP contribution < -0.4 is 33.4 Å². The third kappa shape index (κ3) is 22.2. The molecule has 0 saturated carbocycles. The SMILES string of the molecule is O=c1[nH]c(-c2ccc(C3=NN=NC3)cc2)c(-c2ccc(-c3nn[nH]n3)cc2)cc1O.O=c1[nH]c(-c2ccc(C3=NN=NC3)cc2)ccc1O.[C-]#[N+]c1ccc(-c2[nH]c(=O)c(O)cc2-c2ccc(F)cc2)cc1.[C-]#[N+]c1ccc(-c2cc(O)c(=O)[nH]c2-c2ccc(F)cc2)cc1.[C-]#[N+]c1ccc(-c2cc(O)c(=O)[nH]c2-c2ccc([N+]#[C-])cc2)cc1.[C-]#[N+]c1ccc(-c2ccc(O)c(=O)[nH]2)cc1. The van der Waals surface area contributed by atoms with Crippen LogP contribution in [0.3, 0.4) is 0 Å². The Morgan fingerprint density at radius 1 is 0.267 bits per heavy atom. The molecular weight excluding hydrogens is 1730 g/mol. The van der Waals surface area contributed by atoms with E-state index >= 15 is 0 Å². The maximum Gasteiger partial charge on any atom is 0.290 e. The lowest BCUT2D eigenvalue weighted by molar-refractivity contribution is 0.466. The van der Waals surface area contributed by atoms with Gasteiger partial charge in [0, 0.05) is 39.2 Å². The molecule has 2 aliphatic heterocycles. The molecule has 35 heteroatoms. The second-order valence-corrected chi connectivity index (χ2v) is 28.9. The Kier molecular flexibility index (Phi) is 28.1. The number of aromatic amines is 7. The summed E-state index contributed by atoms with van der Waals surface area (Å²) < 4.78 is 26.2. The summed E-state index contributed by atoms with van der Waals surface area (Å²) in [6.45, 7) is 35.7. The first-order valence-corrected chi connectivity index (χ1v) is 40.0. The lowest BCUT2D eigenvalue weighted by atomic mass is 9.97. The zero-order valence-corrected chi connectivity index (χ0v) is 69.8. The average Bonchev–Trinajstić information content (AvgIpc) is 1.70. The van der Waals surface area contributed by atoms with E-state index in [1.807, 2.05) is 72.8 Å². The van der Waals surface area contributed by atoms with Crippen molar-refractivity contribution in [2.45, 2.75) is 0 Å². The number of nitrogens with zero attached hydrogens (tertiary/aromatic N) is 14. The first-order chi connectivity index (χ1) is 65.4. The highest BCUT2D eigenvalue weighted by Gasteiger charge is 2.20. The van der Waals surface area contributed by atoms with Crippen LogP contribution in [0.25, 0.3) is 148 Å². The average molecular weight is 1790 g/mol. The quantitative estimate of drug-likeness (QED) is 0.0477. The van der Waals surface area contributed by atoms with Gasteiger partial charge in [0.05, 0.1) is 67.1 Å². The number of benzene rings is 10. The summed E-state index contributed by atoms with van der Waals surface area (Å²) in [5, 5.41) is 94.2. The number of hydrogen-bond donors (Lipinski definition) is 13. The number of pyridine rings is 6. The van der Waals surface area contributed by atoms with Crippen LogP contribution in [0, 0.1) is 44.5 Å². The Morgan fingerprint density at radius 3 is 0.770 bits per heavy atom. The minimum absolute atomic E-state index is 0.288.